The third kappa shape index (κ3) is 5.94. The maximum absolute atomic E-state index is 13.2. The Labute approximate surface area is 182 Å². The fourth-order valence-corrected chi connectivity index (χ4v) is 3.65. The number of hydrogen-bond acceptors (Lipinski definition) is 4. The number of pyridine rings is 1. The van der Waals surface area contributed by atoms with E-state index in [1.54, 1.807) is 36.7 Å². The molecule has 3 aromatic rings. The Balaban J connectivity index is 1.38. The molecule has 0 saturated carbocycles. The lowest BCUT2D eigenvalue weighted by Gasteiger charge is -2.26. The molecule has 0 unspecified atom stereocenters. The standard InChI is InChI=1S/C26H25FN2O2/c27-24-8-5-22(6-9-24)26-11-12-28-18-23(26)7-10-25(30)17-20-1-3-21(4-2-20)19-29-13-15-31-16-14-29/h1-12,18H,13-17,19H2/b10-7+. The van der Waals surface area contributed by atoms with Crippen molar-refractivity contribution in [3.63, 3.8) is 0 Å². The largest absolute Gasteiger partial charge is 0.379 e. The van der Waals surface area contributed by atoms with Crippen molar-refractivity contribution in [1.82, 2.24) is 9.88 Å². The number of allylic oxidation sites excluding steroid dienone is 1. The minimum atomic E-state index is -0.277. The van der Waals surface area contributed by atoms with E-state index in [-0.39, 0.29) is 11.6 Å². The summed E-state index contributed by atoms with van der Waals surface area (Å²) in [5.41, 5.74) is 4.85. The number of carbonyl (C=O) groups is 1. The first-order valence-electron chi connectivity index (χ1n) is 10.5. The number of rotatable bonds is 7. The second-order valence-corrected chi connectivity index (χ2v) is 7.65. The van der Waals surface area contributed by atoms with Crippen LogP contribution in [0.5, 0.6) is 0 Å². The molecule has 0 atom stereocenters. The number of morpholine rings is 1. The number of benzene rings is 2. The Hall–Kier alpha value is -3.15. The van der Waals surface area contributed by atoms with Crippen molar-refractivity contribution in [2.75, 3.05) is 26.3 Å². The lowest BCUT2D eigenvalue weighted by atomic mass is 10.0. The van der Waals surface area contributed by atoms with E-state index in [2.05, 4.69) is 22.0 Å². The highest BCUT2D eigenvalue weighted by Crippen LogP contribution is 2.24. The van der Waals surface area contributed by atoms with Gasteiger partial charge < -0.3 is 4.74 Å². The van der Waals surface area contributed by atoms with E-state index < -0.39 is 0 Å². The molecule has 1 saturated heterocycles. The highest BCUT2D eigenvalue weighted by atomic mass is 19.1. The van der Waals surface area contributed by atoms with E-state index in [0.717, 1.165) is 55.1 Å². The maximum atomic E-state index is 13.2. The van der Waals surface area contributed by atoms with Gasteiger partial charge in [-0.3, -0.25) is 14.7 Å². The number of nitrogens with zero attached hydrogens (tertiary/aromatic N) is 2. The second-order valence-electron chi connectivity index (χ2n) is 7.65. The predicted octanol–water partition coefficient (Wildman–Crippen LogP) is 4.54. The van der Waals surface area contributed by atoms with Gasteiger partial charge in [-0.25, -0.2) is 4.39 Å². The molecule has 4 nitrogen and oxygen atoms in total. The van der Waals surface area contributed by atoms with Crippen LogP contribution in [0.4, 0.5) is 4.39 Å². The molecule has 1 aliphatic heterocycles. The Morgan fingerprint density at radius 1 is 1.00 bits per heavy atom. The fraction of sp³-hybridized carbons (Fsp3) is 0.231. The van der Waals surface area contributed by atoms with Gasteiger partial charge in [0.05, 0.1) is 13.2 Å². The van der Waals surface area contributed by atoms with Crippen LogP contribution in [-0.4, -0.2) is 42.0 Å². The summed E-state index contributed by atoms with van der Waals surface area (Å²) in [6, 6.07) is 16.4. The lowest BCUT2D eigenvalue weighted by Crippen LogP contribution is -2.35. The molecule has 158 valence electrons. The summed E-state index contributed by atoms with van der Waals surface area (Å²) in [6.07, 6.45) is 7.12. The molecule has 4 rings (SSSR count). The Bertz CT molecular complexity index is 1040. The van der Waals surface area contributed by atoms with Crippen LogP contribution >= 0.6 is 0 Å². The molecule has 5 heteroatoms. The van der Waals surface area contributed by atoms with E-state index in [9.17, 15) is 9.18 Å². The lowest BCUT2D eigenvalue weighted by molar-refractivity contribution is -0.113. The molecular formula is C26H25FN2O2. The second kappa shape index (κ2) is 10.2. The Morgan fingerprint density at radius 2 is 1.71 bits per heavy atom. The predicted molar refractivity (Wildman–Crippen MR) is 120 cm³/mol. The molecule has 0 bridgehead atoms. The van der Waals surface area contributed by atoms with Crippen molar-refractivity contribution in [2.45, 2.75) is 13.0 Å². The molecule has 0 radical (unpaired) electrons. The molecule has 1 fully saturated rings. The number of ether oxygens (including phenoxy) is 1. The first kappa shape index (κ1) is 21.1. The molecular weight excluding hydrogens is 391 g/mol. The highest BCUT2D eigenvalue weighted by Gasteiger charge is 2.11. The zero-order valence-corrected chi connectivity index (χ0v) is 17.3. The van der Waals surface area contributed by atoms with Crippen molar-refractivity contribution in [3.8, 4) is 11.1 Å². The molecule has 0 spiro atoms. The molecule has 0 aliphatic carbocycles. The van der Waals surface area contributed by atoms with Crippen molar-refractivity contribution in [2.24, 2.45) is 0 Å². The van der Waals surface area contributed by atoms with Crippen LogP contribution in [0.3, 0.4) is 0 Å². The first-order chi connectivity index (χ1) is 15.2. The van der Waals surface area contributed by atoms with Crippen molar-refractivity contribution >= 4 is 11.9 Å². The van der Waals surface area contributed by atoms with E-state index in [1.807, 2.05) is 18.2 Å². The summed E-state index contributed by atoms with van der Waals surface area (Å²) in [4.78, 5) is 19.0. The topological polar surface area (TPSA) is 42.4 Å². The van der Waals surface area contributed by atoms with Crippen LogP contribution in [-0.2, 0) is 22.5 Å². The van der Waals surface area contributed by atoms with E-state index >= 15 is 0 Å². The summed E-state index contributed by atoms with van der Waals surface area (Å²) in [5.74, 6) is -0.254. The summed E-state index contributed by atoms with van der Waals surface area (Å²) in [6.45, 7) is 4.40. The molecule has 31 heavy (non-hydrogen) atoms. The number of halogens is 1. The number of aromatic nitrogens is 1. The quantitative estimate of drug-likeness (QED) is 0.530. The van der Waals surface area contributed by atoms with Gasteiger partial charge in [-0.15, -0.1) is 0 Å². The molecule has 0 N–H and O–H groups in total. The van der Waals surface area contributed by atoms with Crippen molar-refractivity contribution in [1.29, 1.82) is 0 Å². The first-order valence-corrected chi connectivity index (χ1v) is 10.5. The Kier molecular flexibility index (Phi) is 6.97. The van der Waals surface area contributed by atoms with Crippen LogP contribution < -0.4 is 0 Å². The molecule has 2 heterocycles. The minimum absolute atomic E-state index is 0.0230. The average Bonchev–Trinajstić information content (AvgIpc) is 2.80. The summed E-state index contributed by atoms with van der Waals surface area (Å²) in [7, 11) is 0. The van der Waals surface area contributed by atoms with Gasteiger partial charge in [0.15, 0.2) is 5.78 Å². The van der Waals surface area contributed by atoms with Crippen LogP contribution in [0.25, 0.3) is 17.2 Å². The van der Waals surface area contributed by atoms with E-state index in [1.165, 1.54) is 17.7 Å². The smallest absolute Gasteiger partial charge is 0.160 e. The van der Waals surface area contributed by atoms with Crippen LogP contribution in [0.15, 0.2) is 73.1 Å². The van der Waals surface area contributed by atoms with Crippen molar-refractivity contribution < 1.29 is 13.9 Å². The fourth-order valence-electron chi connectivity index (χ4n) is 3.65. The van der Waals surface area contributed by atoms with Gasteiger partial charge in [-0.1, -0.05) is 36.4 Å². The molecule has 1 aromatic heterocycles. The average molecular weight is 416 g/mol. The normalized spacial score (nSPS) is 14.7. The number of ketones is 1. The third-order valence-electron chi connectivity index (χ3n) is 5.37. The molecule has 1 aliphatic rings. The zero-order valence-electron chi connectivity index (χ0n) is 17.3. The van der Waals surface area contributed by atoms with Crippen LogP contribution in [0, 0.1) is 5.82 Å². The van der Waals surface area contributed by atoms with E-state index in [4.69, 9.17) is 4.74 Å². The molecule has 2 aromatic carbocycles. The maximum Gasteiger partial charge on any atom is 0.160 e. The minimum Gasteiger partial charge on any atom is -0.379 e. The Morgan fingerprint density at radius 3 is 2.45 bits per heavy atom. The van der Waals surface area contributed by atoms with Crippen molar-refractivity contribution in [3.05, 3.63) is 95.6 Å². The SMILES string of the molecule is O=C(/C=C/c1cnccc1-c1ccc(F)cc1)Cc1ccc(CN2CCOCC2)cc1. The monoisotopic (exact) mass is 416 g/mol. The van der Waals surface area contributed by atoms with Crippen LogP contribution in [0.1, 0.15) is 16.7 Å². The summed E-state index contributed by atoms with van der Waals surface area (Å²) < 4.78 is 18.6. The number of carbonyl (C=O) groups excluding carboxylic acids is 1. The third-order valence-corrected chi connectivity index (χ3v) is 5.37. The van der Waals surface area contributed by atoms with Gasteiger partial charge in [0.2, 0.25) is 0 Å². The van der Waals surface area contributed by atoms with Gasteiger partial charge in [0.25, 0.3) is 0 Å². The van der Waals surface area contributed by atoms with Gasteiger partial charge in [0, 0.05) is 44.0 Å². The van der Waals surface area contributed by atoms with Gasteiger partial charge in [-0.2, -0.15) is 0 Å². The van der Waals surface area contributed by atoms with Crippen LogP contribution in [0.2, 0.25) is 0 Å². The number of hydrogen-bond donors (Lipinski definition) is 0. The van der Waals surface area contributed by atoms with Gasteiger partial charge in [0.1, 0.15) is 5.82 Å². The van der Waals surface area contributed by atoms with Gasteiger partial charge >= 0.3 is 0 Å². The zero-order chi connectivity index (χ0) is 21.5. The summed E-state index contributed by atoms with van der Waals surface area (Å²) in [5, 5.41) is 0. The highest BCUT2D eigenvalue weighted by molar-refractivity contribution is 5.96. The van der Waals surface area contributed by atoms with E-state index in [0.29, 0.717) is 6.42 Å². The van der Waals surface area contributed by atoms with Gasteiger partial charge in [-0.05, 0) is 52.6 Å². The summed E-state index contributed by atoms with van der Waals surface area (Å²) >= 11 is 0. The molecule has 0 amide bonds.